The zero-order valence-electron chi connectivity index (χ0n) is 13.3. The lowest BCUT2D eigenvalue weighted by Crippen LogP contribution is -2.49. The Bertz CT molecular complexity index is 467. The summed E-state index contributed by atoms with van der Waals surface area (Å²) in [6.45, 7) is 4.54. The molecule has 1 atom stereocenters. The van der Waals surface area contributed by atoms with E-state index in [1.54, 1.807) is 0 Å². The molecule has 2 heterocycles. The van der Waals surface area contributed by atoms with Crippen molar-refractivity contribution in [1.82, 2.24) is 15.5 Å². The highest BCUT2D eigenvalue weighted by atomic mass is 32.1. The molecule has 2 N–H and O–H groups in total. The van der Waals surface area contributed by atoms with Crippen LogP contribution in [0.1, 0.15) is 30.2 Å². The summed E-state index contributed by atoms with van der Waals surface area (Å²) in [6.07, 6.45) is 3.86. The van der Waals surface area contributed by atoms with E-state index in [0.717, 1.165) is 38.8 Å². The fourth-order valence-corrected chi connectivity index (χ4v) is 3.77. The minimum Gasteiger partial charge on any atom is -0.379 e. The number of nitrogens with zero attached hydrogens (tertiary/aromatic N) is 2. The molecule has 22 heavy (non-hydrogen) atoms. The summed E-state index contributed by atoms with van der Waals surface area (Å²) in [4.78, 5) is 8.29. The van der Waals surface area contributed by atoms with Crippen LogP contribution in [0.15, 0.2) is 22.5 Å². The van der Waals surface area contributed by atoms with Crippen LogP contribution >= 0.6 is 11.3 Å². The Labute approximate surface area is 136 Å². The van der Waals surface area contributed by atoms with Crippen molar-refractivity contribution < 1.29 is 4.74 Å². The lowest BCUT2D eigenvalue weighted by atomic mass is 9.93. The van der Waals surface area contributed by atoms with Gasteiger partial charge in [0.2, 0.25) is 0 Å². The first-order valence-electron chi connectivity index (χ1n) is 8.19. The second kappa shape index (κ2) is 7.94. The number of thiophene rings is 1. The summed E-state index contributed by atoms with van der Waals surface area (Å²) in [5.41, 5.74) is 0. The molecule has 1 aliphatic carbocycles. The smallest absolute Gasteiger partial charge is 0.191 e. The number of hydrogen-bond acceptors (Lipinski definition) is 4. The molecule has 0 aromatic carbocycles. The third kappa shape index (κ3) is 4.00. The Morgan fingerprint density at radius 2 is 2.27 bits per heavy atom. The van der Waals surface area contributed by atoms with Crippen LogP contribution in [0.3, 0.4) is 0 Å². The lowest BCUT2D eigenvalue weighted by molar-refractivity contribution is 0.0177. The van der Waals surface area contributed by atoms with Crippen molar-refractivity contribution in [1.29, 1.82) is 0 Å². The Hall–Kier alpha value is -1.11. The van der Waals surface area contributed by atoms with Gasteiger partial charge in [0.05, 0.1) is 19.3 Å². The standard InChI is InChI=1S/C16H26N4OS/c1-17-16(19-13-4-2-5-13)18-12-14(15-6-3-11-22-15)20-7-9-21-10-8-20/h3,6,11,13-14H,2,4-5,7-10,12H2,1H3,(H2,17,18,19). The van der Waals surface area contributed by atoms with Crippen molar-refractivity contribution >= 4 is 17.3 Å². The van der Waals surface area contributed by atoms with Crippen molar-refractivity contribution in [3.05, 3.63) is 22.4 Å². The van der Waals surface area contributed by atoms with Crippen LogP contribution in [0.25, 0.3) is 0 Å². The van der Waals surface area contributed by atoms with Crippen LogP contribution in [0, 0.1) is 0 Å². The van der Waals surface area contributed by atoms with Gasteiger partial charge in [-0.05, 0) is 30.7 Å². The van der Waals surface area contributed by atoms with Crippen LogP contribution < -0.4 is 10.6 Å². The molecule has 2 fully saturated rings. The van der Waals surface area contributed by atoms with Crippen molar-refractivity contribution in [2.45, 2.75) is 31.3 Å². The summed E-state index contributed by atoms with van der Waals surface area (Å²) in [5, 5.41) is 9.18. The van der Waals surface area contributed by atoms with Gasteiger partial charge in [-0.3, -0.25) is 9.89 Å². The predicted octanol–water partition coefficient (Wildman–Crippen LogP) is 1.84. The molecule has 0 amide bonds. The molecular formula is C16H26N4OS. The maximum Gasteiger partial charge on any atom is 0.191 e. The summed E-state index contributed by atoms with van der Waals surface area (Å²) in [7, 11) is 1.85. The predicted molar refractivity (Wildman–Crippen MR) is 91.6 cm³/mol. The summed E-state index contributed by atoms with van der Waals surface area (Å²) < 4.78 is 5.49. The van der Waals surface area contributed by atoms with Crippen LogP contribution in [0.2, 0.25) is 0 Å². The average Bonchev–Trinajstić information content (AvgIpc) is 3.04. The molecule has 6 heteroatoms. The number of nitrogens with one attached hydrogen (secondary N) is 2. The molecule has 5 nitrogen and oxygen atoms in total. The molecule has 1 aliphatic heterocycles. The van der Waals surface area contributed by atoms with Gasteiger partial charge in [0, 0.05) is 37.6 Å². The van der Waals surface area contributed by atoms with Gasteiger partial charge in [0.15, 0.2) is 5.96 Å². The molecular weight excluding hydrogens is 296 g/mol. The van der Waals surface area contributed by atoms with Gasteiger partial charge < -0.3 is 15.4 Å². The number of guanidine groups is 1. The SMILES string of the molecule is CN=C(NCC(c1cccs1)N1CCOCC1)NC1CCC1. The third-order valence-electron chi connectivity index (χ3n) is 4.49. The molecule has 122 valence electrons. The number of hydrogen-bond donors (Lipinski definition) is 2. The monoisotopic (exact) mass is 322 g/mol. The minimum absolute atomic E-state index is 0.392. The zero-order chi connectivity index (χ0) is 15.2. The van der Waals surface area contributed by atoms with Crippen LogP contribution in [-0.4, -0.2) is 56.8 Å². The Kier molecular flexibility index (Phi) is 5.70. The molecule has 1 saturated heterocycles. The normalized spacial score (nSPS) is 22.1. The van der Waals surface area contributed by atoms with Gasteiger partial charge in [0.1, 0.15) is 0 Å². The van der Waals surface area contributed by atoms with Crippen molar-refractivity contribution in [2.75, 3.05) is 39.9 Å². The molecule has 1 aromatic heterocycles. The van der Waals surface area contributed by atoms with Gasteiger partial charge in [-0.25, -0.2) is 0 Å². The van der Waals surface area contributed by atoms with E-state index in [4.69, 9.17) is 4.74 Å². The number of ether oxygens (including phenoxy) is 1. The van der Waals surface area contributed by atoms with Crippen molar-refractivity contribution in [2.24, 2.45) is 4.99 Å². The van der Waals surface area contributed by atoms with E-state index in [-0.39, 0.29) is 0 Å². The quantitative estimate of drug-likeness (QED) is 0.641. The number of morpholine rings is 1. The number of aliphatic imine (C=N–C) groups is 1. The highest BCUT2D eigenvalue weighted by Gasteiger charge is 2.24. The molecule has 0 radical (unpaired) electrons. The Morgan fingerprint density at radius 1 is 1.45 bits per heavy atom. The zero-order valence-corrected chi connectivity index (χ0v) is 14.1. The molecule has 3 rings (SSSR count). The van der Waals surface area contributed by atoms with E-state index in [9.17, 15) is 0 Å². The molecule has 2 aliphatic rings. The highest BCUT2D eigenvalue weighted by molar-refractivity contribution is 7.10. The molecule has 0 bridgehead atoms. The van der Waals surface area contributed by atoms with Gasteiger partial charge >= 0.3 is 0 Å². The maximum atomic E-state index is 5.49. The second-order valence-corrected chi connectivity index (χ2v) is 6.88. The summed E-state index contributed by atoms with van der Waals surface area (Å²) in [6, 6.07) is 5.36. The van der Waals surface area contributed by atoms with Crippen LogP contribution in [0.5, 0.6) is 0 Å². The maximum absolute atomic E-state index is 5.49. The number of rotatable bonds is 5. The summed E-state index contributed by atoms with van der Waals surface area (Å²) in [5.74, 6) is 0.930. The largest absolute Gasteiger partial charge is 0.379 e. The van der Waals surface area contributed by atoms with E-state index in [0.29, 0.717) is 12.1 Å². The van der Waals surface area contributed by atoms with Gasteiger partial charge in [0.25, 0.3) is 0 Å². The fraction of sp³-hybridized carbons (Fsp3) is 0.688. The molecule has 0 spiro atoms. The molecule has 1 unspecified atom stereocenters. The molecule has 1 aromatic rings. The summed E-state index contributed by atoms with van der Waals surface area (Å²) >= 11 is 1.83. The first-order valence-corrected chi connectivity index (χ1v) is 9.07. The topological polar surface area (TPSA) is 48.9 Å². The van der Waals surface area contributed by atoms with E-state index in [2.05, 4.69) is 38.0 Å². The van der Waals surface area contributed by atoms with Gasteiger partial charge in [-0.15, -0.1) is 11.3 Å². The Balaban J connectivity index is 1.59. The first kappa shape index (κ1) is 15.8. The minimum atomic E-state index is 0.392. The Morgan fingerprint density at radius 3 is 2.86 bits per heavy atom. The molecule has 1 saturated carbocycles. The van der Waals surface area contributed by atoms with Gasteiger partial charge in [-0.2, -0.15) is 0 Å². The van der Waals surface area contributed by atoms with E-state index in [1.165, 1.54) is 24.1 Å². The second-order valence-electron chi connectivity index (χ2n) is 5.90. The van der Waals surface area contributed by atoms with Crippen molar-refractivity contribution in [3.8, 4) is 0 Å². The highest BCUT2D eigenvalue weighted by Crippen LogP contribution is 2.25. The van der Waals surface area contributed by atoms with E-state index >= 15 is 0 Å². The van der Waals surface area contributed by atoms with E-state index in [1.807, 2.05) is 18.4 Å². The lowest BCUT2D eigenvalue weighted by Gasteiger charge is -2.35. The first-order chi connectivity index (χ1) is 10.9. The van der Waals surface area contributed by atoms with Crippen LogP contribution in [-0.2, 0) is 4.74 Å². The third-order valence-corrected chi connectivity index (χ3v) is 5.46. The average molecular weight is 322 g/mol. The van der Waals surface area contributed by atoms with Crippen LogP contribution in [0.4, 0.5) is 0 Å². The van der Waals surface area contributed by atoms with Crippen molar-refractivity contribution in [3.63, 3.8) is 0 Å². The van der Waals surface area contributed by atoms with E-state index < -0.39 is 0 Å². The fourth-order valence-electron chi connectivity index (χ4n) is 2.91. The van der Waals surface area contributed by atoms with Gasteiger partial charge in [-0.1, -0.05) is 6.07 Å².